The third-order valence-corrected chi connectivity index (χ3v) is 2.32. The first-order valence-electron chi connectivity index (χ1n) is 4.03. The van der Waals surface area contributed by atoms with Crippen molar-refractivity contribution in [3.63, 3.8) is 0 Å². The van der Waals surface area contributed by atoms with Gasteiger partial charge in [0.2, 0.25) is 0 Å². The van der Waals surface area contributed by atoms with E-state index in [1.54, 1.807) is 6.08 Å². The summed E-state index contributed by atoms with van der Waals surface area (Å²) >= 11 is 0. The van der Waals surface area contributed by atoms with Gasteiger partial charge in [-0.05, 0) is 30.5 Å². The van der Waals surface area contributed by atoms with Crippen molar-refractivity contribution >= 4 is 6.08 Å². The number of hydrogen-bond acceptors (Lipinski definition) is 1. The lowest BCUT2D eigenvalue weighted by Crippen LogP contribution is -1.73. The van der Waals surface area contributed by atoms with E-state index in [1.165, 1.54) is 6.42 Å². The van der Waals surface area contributed by atoms with Gasteiger partial charge in [-0.1, -0.05) is 13.5 Å². The Bertz CT molecular complexity index is 272. The molecule has 11 heavy (non-hydrogen) atoms. The van der Waals surface area contributed by atoms with E-state index in [1.807, 2.05) is 6.07 Å². The maximum Gasteiger partial charge on any atom is 0.126 e. The Balaban J connectivity index is 2.19. The molecule has 1 heteroatoms. The van der Waals surface area contributed by atoms with Crippen molar-refractivity contribution in [3.8, 4) is 0 Å². The molecule has 2 atom stereocenters. The second-order valence-electron chi connectivity index (χ2n) is 3.26. The maximum atomic E-state index is 5.51. The van der Waals surface area contributed by atoms with E-state index in [0.717, 1.165) is 17.4 Å². The molecule has 2 rings (SSSR count). The summed E-state index contributed by atoms with van der Waals surface area (Å²) in [4.78, 5) is 0. The molecule has 0 bridgehead atoms. The van der Waals surface area contributed by atoms with E-state index in [0.29, 0.717) is 5.92 Å². The predicted octanol–water partition coefficient (Wildman–Crippen LogP) is 3.05. The molecule has 1 aromatic rings. The molecule has 0 saturated heterocycles. The van der Waals surface area contributed by atoms with Crippen LogP contribution >= 0.6 is 0 Å². The fourth-order valence-corrected chi connectivity index (χ4v) is 1.40. The summed E-state index contributed by atoms with van der Waals surface area (Å²) in [5.74, 6) is 3.52. The first-order valence-corrected chi connectivity index (χ1v) is 4.03. The number of rotatable bonds is 2. The minimum absolute atomic E-state index is 0.684. The van der Waals surface area contributed by atoms with Crippen molar-refractivity contribution in [3.05, 3.63) is 30.2 Å². The zero-order chi connectivity index (χ0) is 7.84. The van der Waals surface area contributed by atoms with Gasteiger partial charge in [0.15, 0.2) is 0 Å². The largest absolute Gasteiger partial charge is 0.461 e. The highest BCUT2D eigenvalue weighted by molar-refractivity contribution is 5.40. The van der Waals surface area contributed by atoms with E-state index >= 15 is 0 Å². The molecule has 1 fully saturated rings. The van der Waals surface area contributed by atoms with Crippen LogP contribution in [0.1, 0.15) is 30.8 Å². The van der Waals surface area contributed by atoms with Crippen LogP contribution in [0.3, 0.4) is 0 Å². The molecule has 1 aliphatic rings. The van der Waals surface area contributed by atoms with Gasteiger partial charge >= 0.3 is 0 Å². The SMILES string of the molecule is C=Cc1ccc([C@H]2C[C@@H]2C)o1. The molecule has 0 N–H and O–H groups in total. The molecule has 0 amide bonds. The molecule has 0 radical (unpaired) electrons. The summed E-state index contributed by atoms with van der Waals surface area (Å²) < 4.78 is 5.51. The summed E-state index contributed by atoms with van der Waals surface area (Å²) in [6.07, 6.45) is 3.03. The van der Waals surface area contributed by atoms with Crippen molar-refractivity contribution in [1.82, 2.24) is 0 Å². The van der Waals surface area contributed by atoms with Gasteiger partial charge in [-0.3, -0.25) is 0 Å². The summed E-state index contributed by atoms with van der Waals surface area (Å²) in [5.41, 5.74) is 0. The maximum absolute atomic E-state index is 5.51. The van der Waals surface area contributed by atoms with Crippen LogP contribution in [0, 0.1) is 5.92 Å². The Morgan fingerprint density at radius 1 is 1.64 bits per heavy atom. The minimum Gasteiger partial charge on any atom is -0.461 e. The summed E-state index contributed by atoms with van der Waals surface area (Å²) in [6.45, 7) is 5.90. The van der Waals surface area contributed by atoms with Crippen LogP contribution in [0.4, 0.5) is 0 Å². The van der Waals surface area contributed by atoms with Crippen LogP contribution in [0.2, 0.25) is 0 Å². The average molecular weight is 148 g/mol. The number of hydrogen-bond donors (Lipinski definition) is 0. The van der Waals surface area contributed by atoms with E-state index in [9.17, 15) is 0 Å². The zero-order valence-electron chi connectivity index (χ0n) is 6.71. The molecule has 58 valence electrons. The highest BCUT2D eigenvalue weighted by Crippen LogP contribution is 2.47. The van der Waals surface area contributed by atoms with Crippen LogP contribution in [0.5, 0.6) is 0 Å². The van der Waals surface area contributed by atoms with Gasteiger partial charge in [0.05, 0.1) is 0 Å². The predicted molar refractivity (Wildman–Crippen MR) is 45.3 cm³/mol. The lowest BCUT2D eigenvalue weighted by atomic mass is 10.3. The highest BCUT2D eigenvalue weighted by Gasteiger charge is 2.36. The average Bonchev–Trinajstić information content (AvgIpc) is 2.59. The van der Waals surface area contributed by atoms with Crippen molar-refractivity contribution < 1.29 is 4.42 Å². The van der Waals surface area contributed by atoms with Gasteiger partial charge in [0.25, 0.3) is 0 Å². The molecule has 1 saturated carbocycles. The smallest absolute Gasteiger partial charge is 0.126 e. The Kier molecular flexibility index (Phi) is 1.38. The first kappa shape index (κ1) is 6.71. The fraction of sp³-hybridized carbons (Fsp3) is 0.400. The summed E-state index contributed by atoms with van der Waals surface area (Å²) in [7, 11) is 0. The molecule has 0 aliphatic heterocycles. The third-order valence-electron chi connectivity index (χ3n) is 2.32. The summed E-state index contributed by atoms with van der Waals surface area (Å²) in [5, 5.41) is 0. The van der Waals surface area contributed by atoms with Gasteiger partial charge in [0, 0.05) is 5.92 Å². The van der Waals surface area contributed by atoms with E-state index < -0.39 is 0 Å². The number of furan rings is 1. The molecule has 1 heterocycles. The first-order chi connectivity index (χ1) is 5.31. The van der Waals surface area contributed by atoms with Crippen molar-refractivity contribution in [1.29, 1.82) is 0 Å². The van der Waals surface area contributed by atoms with E-state index in [2.05, 4.69) is 19.6 Å². The molecular weight excluding hydrogens is 136 g/mol. The molecule has 1 nitrogen and oxygen atoms in total. The van der Waals surface area contributed by atoms with Crippen molar-refractivity contribution in [2.24, 2.45) is 5.92 Å². The molecule has 1 aliphatic carbocycles. The fourth-order valence-electron chi connectivity index (χ4n) is 1.40. The van der Waals surface area contributed by atoms with Crippen LogP contribution in [-0.2, 0) is 0 Å². The molecule has 0 spiro atoms. The van der Waals surface area contributed by atoms with Gasteiger partial charge in [0.1, 0.15) is 11.5 Å². The zero-order valence-corrected chi connectivity index (χ0v) is 6.71. The molecule has 0 unspecified atom stereocenters. The van der Waals surface area contributed by atoms with Crippen LogP contribution in [0.15, 0.2) is 23.1 Å². The standard InChI is InChI=1S/C10H12O/c1-3-8-4-5-10(11-8)9-6-7(9)2/h3-5,7,9H,1,6H2,2H3/t7-,9-/m0/s1. The molecule has 1 aromatic heterocycles. The Morgan fingerprint density at radius 3 is 2.82 bits per heavy atom. The monoisotopic (exact) mass is 148 g/mol. The Labute approximate surface area is 66.7 Å². The Morgan fingerprint density at radius 2 is 2.36 bits per heavy atom. The highest BCUT2D eigenvalue weighted by atomic mass is 16.3. The van der Waals surface area contributed by atoms with Gasteiger partial charge in [-0.25, -0.2) is 0 Å². The van der Waals surface area contributed by atoms with Crippen LogP contribution in [0.25, 0.3) is 6.08 Å². The minimum atomic E-state index is 0.684. The summed E-state index contributed by atoms with van der Waals surface area (Å²) in [6, 6.07) is 4.04. The second-order valence-corrected chi connectivity index (χ2v) is 3.26. The lowest BCUT2D eigenvalue weighted by molar-refractivity contribution is 0.498. The molecule has 0 aromatic carbocycles. The van der Waals surface area contributed by atoms with Gasteiger partial charge in [-0.2, -0.15) is 0 Å². The van der Waals surface area contributed by atoms with E-state index in [-0.39, 0.29) is 0 Å². The van der Waals surface area contributed by atoms with Gasteiger partial charge in [-0.15, -0.1) is 0 Å². The second kappa shape index (κ2) is 2.26. The topological polar surface area (TPSA) is 13.1 Å². The Hall–Kier alpha value is -0.980. The van der Waals surface area contributed by atoms with E-state index in [4.69, 9.17) is 4.42 Å². The third kappa shape index (κ3) is 1.11. The molecular formula is C10H12O. The lowest BCUT2D eigenvalue weighted by Gasteiger charge is -1.88. The quantitative estimate of drug-likeness (QED) is 0.628. The van der Waals surface area contributed by atoms with Gasteiger partial charge < -0.3 is 4.42 Å². The van der Waals surface area contributed by atoms with Crippen molar-refractivity contribution in [2.45, 2.75) is 19.3 Å². The normalized spacial score (nSPS) is 28.5. The van der Waals surface area contributed by atoms with Crippen LogP contribution < -0.4 is 0 Å². The van der Waals surface area contributed by atoms with Crippen molar-refractivity contribution in [2.75, 3.05) is 0 Å². The van der Waals surface area contributed by atoms with Crippen LogP contribution in [-0.4, -0.2) is 0 Å².